The van der Waals surface area contributed by atoms with E-state index in [9.17, 15) is 39.4 Å². The van der Waals surface area contributed by atoms with Crippen molar-refractivity contribution >= 4 is 102 Å². The molecule has 0 radical (unpaired) electrons. The fourth-order valence-electron chi connectivity index (χ4n) is 13.0. The highest BCUT2D eigenvalue weighted by molar-refractivity contribution is 7.18. The molecule has 2 aromatic heterocycles. The number of benzene rings is 6. The average Bonchev–Trinajstić information content (AvgIpc) is 1.52. The Morgan fingerprint density at radius 3 is 0.990 bits per heavy atom. The molecule has 0 saturated carbocycles. The number of nitriles is 4. The van der Waals surface area contributed by atoms with E-state index in [0.29, 0.717) is 46.5 Å². The predicted octanol–water partition coefficient (Wildman–Crippen LogP) is 14.0. The van der Waals surface area contributed by atoms with Crippen molar-refractivity contribution in [2.45, 2.75) is 37.3 Å². The first kappa shape index (κ1) is 62.8. The van der Waals surface area contributed by atoms with Crippen LogP contribution in [0.3, 0.4) is 0 Å². The standard InChI is InChI=1S/C76H40F4N6O10S2/c77-57-25-47-49(27-59(57)79)67(87)65(63(47)45(31-81)32-82)85-61-29-55-69(97-61)51-21-44-24-54-52(22-43(44)23-53(51)75(55,71(89)93-35-39-13-5-1-6-14-39)72(90)94-36-40-15-7-2-8-16-40)70-56(30-62(98-70)86-66-64(46(33-83)34-84)48-26-58(78)60(80)28-50(48)68(66)88)76(54,73(91)95-37-41-17-9-3-10-18-41)74(92)96-38-42-19-11-4-12-20-42/h1-30,43-44H,35-38H2/b85-65-,86-66-. The summed E-state index contributed by atoms with van der Waals surface area (Å²) in [6, 6.07) is 46.5. The first-order valence-electron chi connectivity index (χ1n) is 29.9. The maximum atomic E-state index is 15.8. The van der Waals surface area contributed by atoms with Gasteiger partial charge in [-0.05, 0) is 80.9 Å². The van der Waals surface area contributed by atoms with Crippen molar-refractivity contribution in [1.82, 2.24) is 0 Å². The molecule has 6 aliphatic carbocycles. The minimum atomic E-state index is -2.54. The molecule has 0 saturated heterocycles. The zero-order chi connectivity index (χ0) is 68.3. The molecular weight excluding hydrogens is 1300 g/mol. The van der Waals surface area contributed by atoms with Gasteiger partial charge in [-0.3, -0.25) is 28.8 Å². The molecule has 6 aromatic carbocycles. The summed E-state index contributed by atoms with van der Waals surface area (Å²) in [6.45, 7) is -1.43. The van der Waals surface area contributed by atoms with Crippen LogP contribution in [-0.2, 0) is 75.4 Å². The van der Waals surface area contributed by atoms with Gasteiger partial charge in [0.05, 0.1) is 0 Å². The molecule has 16 nitrogen and oxygen atoms in total. The predicted molar refractivity (Wildman–Crippen MR) is 348 cm³/mol. The van der Waals surface area contributed by atoms with E-state index in [1.54, 1.807) is 170 Å². The average molecular weight is 1340 g/mol. The fraction of sp³-hybridized carbons (Fsp3) is 0.105. The SMILES string of the molecule is N#CC(C#N)=C1/C(=N/c2cc3c(s2)C2=CC4C=C5C(=CC4C=C2C3(C(=O)OCc2ccccc2)C(=O)OCc2ccccc2)c2sc(/N=C3\C(=O)c4cc(F)c(F)cc4C3=C(C#N)C#N)cc2C5(C(=O)OCc2ccccc2)C(=O)OCc2ccccc2)C(=O)c2cc(F)c(F)cc21. The molecule has 474 valence electrons. The van der Waals surface area contributed by atoms with E-state index in [0.717, 1.165) is 22.7 Å². The fourth-order valence-corrected chi connectivity index (χ4v) is 15.3. The molecule has 22 heteroatoms. The lowest BCUT2D eigenvalue weighted by atomic mass is 9.68. The van der Waals surface area contributed by atoms with Crippen molar-refractivity contribution in [3.05, 3.63) is 293 Å². The molecular formula is C76H40F4N6O10S2. The molecule has 0 fully saturated rings. The second kappa shape index (κ2) is 24.9. The zero-order valence-electron chi connectivity index (χ0n) is 50.4. The Kier molecular flexibility index (Phi) is 16.0. The summed E-state index contributed by atoms with van der Waals surface area (Å²) >= 11 is 1.73. The summed E-state index contributed by atoms with van der Waals surface area (Å²) in [5, 5.41) is 40.5. The van der Waals surface area contributed by atoms with E-state index in [2.05, 4.69) is 9.98 Å². The van der Waals surface area contributed by atoms with Crippen LogP contribution < -0.4 is 0 Å². The van der Waals surface area contributed by atoms with Gasteiger partial charge in [0.1, 0.15) is 83.3 Å². The Balaban J connectivity index is 0.984. The summed E-state index contributed by atoms with van der Waals surface area (Å²) < 4.78 is 84.5. The second-order valence-corrected chi connectivity index (χ2v) is 25.1. The monoisotopic (exact) mass is 1340 g/mol. The summed E-state index contributed by atoms with van der Waals surface area (Å²) in [5.74, 6) is -13.8. The minimum absolute atomic E-state index is 0.0490. The number of nitrogens with zero attached hydrogens (tertiary/aromatic N) is 6. The summed E-state index contributed by atoms with van der Waals surface area (Å²) in [6.07, 6.45) is 6.74. The first-order valence-corrected chi connectivity index (χ1v) is 31.5. The van der Waals surface area contributed by atoms with Crippen LogP contribution in [0, 0.1) is 80.4 Å². The molecule has 0 aliphatic heterocycles. The number of ketones is 2. The number of rotatable bonds is 14. The van der Waals surface area contributed by atoms with Crippen LogP contribution in [-0.4, -0.2) is 46.9 Å². The Bertz CT molecular complexity index is 4870. The van der Waals surface area contributed by atoms with Gasteiger partial charge in [0, 0.05) is 66.1 Å². The van der Waals surface area contributed by atoms with Crippen LogP contribution in [0.1, 0.15) is 75.0 Å². The Hall–Kier alpha value is -12.6. The molecule has 2 atom stereocenters. The van der Waals surface area contributed by atoms with Crippen LogP contribution in [0.4, 0.5) is 27.6 Å². The van der Waals surface area contributed by atoms with Gasteiger partial charge in [-0.2, -0.15) is 21.0 Å². The molecule has 14 rings (SSSR count). The summed E-state index contributed by atoms with van der Waals surface area (Å²) in [5.41, 5.74) is -7.05. The number of esters is 4. The molecule has 0 spiro atoms. The number of fused-ring (bicyclic) bond motifs is 9. The van der Waals surface area contributed by atoms with Crippen LogP contribution in [0.2, 0.25) is 0 Å². The largest absolute Gasteiger partial charge is 0.459 e. The molecule has 0 amide bonds. The minimum Gasteiger partial charge on any atom is -0.459 e. The molecule has 6 aliphatic rings. The smallest absolute Gasteiger partial charge is 0.333 e. The molecule has 0 N–H and O–H groups in total. The van der Waals surface area contributed by atoms with E-state index >= 15 is 28.0 Å². The van der Waals surface area contributed by atoms with Crippen molar-refractivity contribution in [2.75, 3.05) is 0 Å². The number of allylic oxidation sites excluding steroid dienone is 10. The molecule has 0 bridgehead atoms. The number of hydrogen-bond acceptors (Lipinski definition) is 18. The maximum Gasteiger partial charge on any atom is 0.333 e. The quantitative estimate of drug-likeness (QED) is 0.0322. The molecule has 8 aromatic rings. The number of carbonyl (C=O) groups is 6. The number of ether oxygens (including phenoxy) is 4. The zero-order valence-corrected chi connectivity index (χ0v) is 52.0. The van der Waals surface area contributed by atoms with E-state index in [1.165, 1.54) is 12.1 Å². The highest BCUT2D eigenvalue weighted by Gasteiger charge is 2.64. The van der Waals surface area contributed by atoms with Crippen LogP contribution in [0.5, 0.6) is 0 Å². The van der Waals surface area contributed by atoms with Crippen molar-refractivity contribution in [3.63, 3.8) is 0 Å². The Morgan fingerprint density at radius 2 is 0.704 bits per heavy atom. The normalized spacial score (nSPS) is 17.5. The van der Waals surface area contributed by atoms with Crippen molar-refractivity contribution < 1.29 is 65.3 Å². The number of thiophene rings is 2. The van der Waals surface area contributed by atoms with Crippen LogP contribution in [0.25, 0.3) is 22.3 Å². The number of aliphatic imine (C=N–C) groups is 2. The van der Waals surface area contributed by atoms with Gasteiger partial charge in [0.15, 0.2) is 23.3 Å². The highest BCUT2D eigenvalue weighted by atomic mass is 32.1. The lowest BCUT2D eigenvalue weighted by molar-refractivity contribution is -0.166. The van der Waals surface area contributed by atoms with Crippen molar-refractivity contribution in [3.8, 4) is 24.3 Å². The van der Waals surface area contributed by atoms with Gasteiger partial charge in [0.25, 0.3) is 0 Å². The second-order valence-electron chi connectivity index (χ2n) is 23.0. The Morgan fingerprint density at radius 1 is 0.418 bits per heavy atom. The van der Waals surface area contributed by atoms with E-state index < -0.39 is 126 Å². The maximum absolute atomic E-state index is 15.8. The number of halogens is 4. The van der Waals surface area contributed by atoms with E-state index in [-0.39, 0.29) is 90.7 Å². The third kappa shape index (κ3) is 10.2. The van der Waals surface area contributed by atoms with Crippen molar-refractivity contribution in [1.29, 1.82) is 21.0 Å². The Labute approximate surface area is 561 Å². The van der Waals surface area contributed by atoms with Gasteiger partial charge in [-0.25, -0.2) is 27.5 Å². The van der Waals surface area contributed by atoms with E-state index in [1.807, 2.05) is 0 Å². The van der Waals surface area contributed by atoms with Crippen LogP contribution in [0.15, 0.2) is 214 Å². The highest BCUT2D eigenvalue weighted by Crippen LogP contribution is 2.63. The topological polar surface area (TPSA) is 259 Å². The lowest BCUT2D eigenvalue weighted by Gasteiger charge is -2.35. The van der Waals surface area contributed by atoms with Gasteiger partial charge in [0.2, 0.25) is 22.4 Å². The summed E-state index contributed by atoms with van der Waals surface area (Å²) in [7, 11) is 0. The summed E-state index contributed by atoms with van der Waals surface area (Å²) in [4.78, 5) is 102. The molecule has 98 heavy (non-hydrogen) atoms. The lowest BCUT2D eigenvalue weighted by Crippen LogP contribution is -2.47. The van der Waals surface area contributed by atoms with Gasteiger partial charge in [-0.1, -0.05) is 146 Å². The third-order valence-electron chi connectivity index (χ3n) is 17.5. The van der Waals surface area contributed by atoms with Gasteiger partial charge < -0.3 is 18.9 Å². The van der Waals surface area contributed by atoms with Crippen LogP contribution >= 0.6 is 22.7 Å². The number of hydrogen-bond donors (Lipinski definition) is 0. The van der Waals surface area contributed by atoms with E-state index in [4.69, 9.17) is 18.9 Å². The van der Waals surface area contributed by atoms with Crippen molar-refractivity contribution in [2.24, 2.45) is 21.8 Å². The molecule has 2 unspecified atom stereocenters. The van der Waals surface area contributed by atoms with Gasteiger partial charge in [-0.15, -0.1) is 22.7 Å². The first-order chi connectivity index (χ1) is 47.5. The third-order valence-corrected chi connectivity index (χ3v) is 19.6. The molecule has 2 heterocycles. The number of Topliss-reactive ketones (excluding diaryl/α,β-unsaturated/α-hetero) is 2. The number of carbonyl (C=O) groups excluding carboxylic acids is 6. The van der Waals surface area contributed by atoms with Gasteiger partial charge >= 0.3 is 23.9 Å².